The summed E-state index contributed by atoms with van der Waals surface area (Å²) >= 11 is 1.32. The second-order valence-electron chi connectivity index (χ2n) is 5.73. The van der Waals surface area contributed by atoms with Crippen LogP contribution in [-0.2, 0) is 6.54 Å². The summed E-state index contributed by atoms with van der Waals surface area (Å²) in [6.45, 7) is 2.61. The zero-order chi connectivity index (χ0) is 20.1. The smallest absolute Gasteiger partial charge is 0.406 e. The van der Waals surface area contributed by atoms with Gasteiger partial charge in [0.1, 0.15) is 5.75 Å². The number of rotatable bonds is 7. The van der Waals surface area contributed by atoms with E-state index in [-0.39, 0.29) is 11.5 Å². The van der Waals surface area contributed by atoms with E-state index in [1.165, 1.54) is 36.0 Å². The van der Waals surface area contributed by atoms with E-state index < -0.39 is 12.5 Å². The standard InChI is InChI=1S/C18H17F3N4O2S/c1-2-25-16(13-7-9-22-10-8-13)23-24-17(25)28-11-15(26)12-3-5-14(6-4-12)27-18(19,20)21/h3-10,15,26H,2,11H2,1H3. The van der Waals surface area contributed by atoms with Gasteiger partial charge in [0.15, 0.2) is 11.0 Å². The van der Waals surface area contributed by atoms with Gasteiger partial charge in [-0.15, -0.1) is 23.4 Å². The minimum atomic E-state index is -4.74. The van der Waals surface area contributed by atoms with E-state index in [9.17, 15) is 18.3 Å². The molecule has 28 heavy (non-hydrogen) atoms. The number of aliphatic hydroxyl groups excluding tert-OH is 1. The van der Waals surface area contributed by atoms with Crippen LogP contribution in [-0.4, -0.2) is 37.0 Å². The number of alkyl halides is 3. The number of benzene rings is 1. The van der Waals surface area contributed by atoms with Crippen LogP contribution in [0.4, 0.5) is 13.2 Å². The second-order valence-corrected chi connectivity index (χ2v) is 6.72. The van der Waals surface area contributed by atoms with Gasteiger partial charge in [0, 0.05) is 30.3 Å². The predicted molar refractivity (Wildman–Crippen MR) is 97.7 cm³/mol. The fraction of sp³-hybridized carbons (Fsp3) is 0.278. The summed E-state index contributed by atoms with van der Waals surface area (Å²) in [5.41, 5.74) is 1.37. The van der Waals surface area contributed by atoms with Crippen molar-refractivity contribution in [3.8, 4) is 17.1 Å². The molecule has 0 aliphatic rings. The molecule has 0 spiro atoms. The van der Waals surface area contributed by atoms with Crippen LogP contribution in [0.1, 0.15) is 18.6 Å². The Hall–Kier alpha value is -2.59. The Bertz CT molecular complexity index is 901. The molecule has 0 saturated carbocycles. The summed E-state index contributed by atoms with van der Waals surface area (Å²) in [6, 6.07) is 8.83. The van der Waals surface area contributed by atoms with Crippen LogP contribution >= 0.6 is 11.8 Å². The molecule has 1 N–H and O–H groups in total. The minimum Gasteiger partial charge on any atom is -0.406 e. The van der Waals surface area contributed by atoms with Crippen molar-refractivity contribution in [2.24, 2.45) is 0 Å². The van der Waals surface area contributed by atoms with E-state index in [1.54, 1.807) is 12.4 Å². The van der Waals surface area contributed by atoms with Crippen molar-refractivity contribution in [3.05, 3.63) is 54.4 Å². The zero-order valence-electron chi connectivity index (χ0n) is 14.8. The highest BCUT2D eigenvalue weighted by Gasteiger charge is 2.31. The second kappa shape index (κ2) is 8.61. The van der Waals surface area contributed by atoms with Crippen LogP contribution in [0.5, 0.6) is 5.75 Å². The molecule has 1 unspecified atom stereocenters. The van der Waals surface area contributed by atoms with E-state index >= 15 is 0 Å². The highest BCUT2D eigenvalue weighted by molar-refractivity contribution is 7.99. The maximum absolute atomic E-state index is 12.2. The number of aromatic nitrogens is 4. The summed E-state index contributed by atoms with van der Waals surface area (Å²) in [7, 11) is 0. The van der Waals surface area contributed by atoms with Gasteiger partial charge in [0.05, 0.1) is 6.10 Å². The summed E-state index contributed by atoms with van der Waals surface area (Å²) < 4.78 is 42.4. The number of hydrogen-bond acceptors (Lipinski definition) is 6. The Labute approximate surface area is 163 Å². The minimum absolute atomic E-state index is 0.272. The summed E-state index contributed by atoms with van der Waals surface area (Å²) in [5.74, 6) is 0.646. The third kappa shape index (κ3) is 5.02. The Morgan fingerprint density at radius 1 is 1.11 bits per heavy atom. The van der Waals surface area contributed by atoms with Gasteiger partial charge in [-0.05, 0) is 36.8 Å². The first kappa shape index (κ1) is 20.2. The molecule has 2 aromatic heterocycles. The normalized spacial score (nSPS) is 12.8. The zero-order valence-corrected chi connectivity index (χ0v) is 15.6. The van der Waals surface area contributed by atoms with Crippen LogP contribution in [0.25, 0.3) is 11.4 Å². The van der Waals surface area contributed by atoms with Crippen molar-refractivity contribution >= 4 is 11.8 Å². The largest absolute Gasteiger partial charge is 0.573 e. The van der Waals surface area contributed by atoms with Crippen LogP contribution in [0.3, 0.4) is 0 Å². The molecule has 0 fully saturated rings. The van der Waals surface area contributed by atoms with E-state index in [2.05, 4.69) is 19.9 Å². The molecule has 6 nitrogen and oxygen atoms in total. The fourth-order valence-electron chi connectivity index (χ4n) is 2.54. The van der Waals surface area contributed by atoms with Crippen LogP contribution in [0.15, 0.2) is 53.9 Å². The van der Waals surface area contributed by atoms with Gasteiger partial charge >= 0.3 is 6.36 Å². The van der Waals surface area contributed by atoms with E-state index in [4.69, 9.17) is 0 Å². The number of thioether (sulfide) groups is 1. The fourth-order valence-corrected chi connectivity index (χ4v) is 3.51. The first-order valence-electron chi connectivity index (χ1n) is 8.37. The third-order valence-electron chi connectivity index (χ3n) is 3.84. The van der Waals surface area contributed by atoms with E-state index in [1.807, 2.05) is 23.6 Å². The van der Waals surface area contributed by atoms with Gasteiger partial charge < -0.3 is 14.4 Å². The molecule has 1 aromatic carbocycles. The van der Waals surface area contributed by atoms with Gasteiger partial charge in [-0.3, -0.25) is 4.98 Å². The van der Waals surface area contributed by atoms with Crippen molar-refractivity contribution < 1.29 is 23.0 Å². The van der Waals surface area contributed by atoms with E-state index in [0.29, 0.717) is 23.1 Å². The molecule has 0 radical (unpaired) electrons. The van der Waals surface area contributed by atoms with Gasteiger partial charge in [-0.2, -0.15) is 0 Å². The Morgan fingerprint density at radius 2 is 1.79 bits per heavy atom. The van der Waals surface area contributed by atoms with Gasteiger partial charge in [-0.25, -0.2) is 0 Å². The van der Waals surface area contributed by atoms with Crippen LogP contribution in [0.2, 0.25) is 0 Å². The van der Waals surface area contributed by atoms with Crippen molar-refractivity contribution in [2.75, 3.05) is 5.75 Å². The molecule has 0 aliphatic carbocycles. The number of aliphatic hydroxyl groups is 1. The molecule has 1 atom stereocenters. The highest BCUT2D eigenvalue weighted by Crippen LogP contribution is 2.29. The van der Waals surface area contributed by atoms with Crippen molar-refractivity contribution in [1.29, 1.82) is 0 Å². The van der Waals surface area contributed by atoms with Crippen molar-refractivity contribution in [2.45, 2.75) is 31.1 Å². The van der Waals surface area contributed by atoms with Crippen molar-refractivity contribution in [3.63, 3.8) is 0 Å². The molecule has 10 heteroatoms. The maximum atomic E-state index is 12.2. The lowest BCUT2D eigenvalue weighted by Gasteiger charge is -2.13. The summed E-state index contributed by atoms with van der Waals surface area (Å²) in [4.78, 5) is 3.98. The molecule has 0 saturated heterocycles. The Kier molecular flexibility index (Phi) is 6.20. The van der Waals surface area contributed by atoms with Crippen LogP contribution in [0, 0.1) is 0 Å². The summed E-state index contributed by atoms with van der Waals surface area (Å²) in [6.07, 6.45) is -2.28. The van der Waals surface area contributed by atoms with Gasteiger partial charge in [-0.1, -0.05) is 23.9 Å². The molecule has 0 bridgehead atoms. The highest BCUT2D eigenvalue weighted by atomic mass is 32.2. The molecule has 2 heterocycles. The van der Waals surface area contributed by atoms with Crippen LogP contribution < -0.4 is 4.74 Å². The van der Waals surface area contributed by atoms with Gasteiger partial charge in [0.2, 0.25) is 0 Å². The topological polar surface area (TPSA) is 73.1 Å². The first-order valence-corrected chi connectivity index (χ1v) is 9.36. The lowest BCUT2D eigenvalue weighted by molar-refractivity contribution is -0.274. The molecule has 148 valence electrons. The predicted octanol–water partition coefficient (Wildman–Crippen LogP) is 4.08. The molecular weight excluding hydrogens is 393 g/mol. The average molecular weight is 410 g/mol. The molecule has 3 rings (SSSR count). The third-order valence-corrected chi connectivity index (χ3v) is 4.88. The molecule has 0 aliphatic heterocycles. The number of pyridine rings is 1. The quantitative estimate of drug-likeness (QED) is 0.592. The summed E-state index contributed by atoms with van der Waals surface area (Å²) in [5, 5.41) is 19.4. The van der Waals surface area contributed by atoms with E-state index in [0.717, 1.165) is 5.56 Å². The molecule has 3 aromatic rings. The maximum Gasteiger partial charge on any atom is 0.573 e. The molecule has 0 amide bonds. The van der Waals surface area contributed by atoms with Crippen molar-refractivity contribution in [1.82, 2.24) is 19.7 Å². The number of halogens is 3. The average Bonchev–Trinajstić information content (AvgIpc) is 3.09. The lowest BCUT2D eigenvalue weighted by Crippen LogP contribution is -2.17. The SMILES string of the molecule is CCn1c(SCC(O)c2ccc(OC(F)(F)F)cc2)nnc1-c1ccncc1. The monoisotopic (exact) mass is 410 g/mol. The molecular formula is C18H17F3N4O2S. The Balaban J connectivity index is 1.66. The lowest BCUT2D eigenvalue weighted by atomic mass is 10.1. The Morgan fingerprint density at radius 3 is 2.39 bits per heavy atom. The van der Waals surface area contributed by atoms with Gasteiger partial charge in [0.25, 0.3) is 0 Å². The number of ether oxygens (including phenoxy) is 1. The number of nitrogens with zero attached hydrogens (tertiary/aromatic N) is 4. The first-order chi connectivity index (χ1) is 13.4. The number of hydrogen-bond donors (Lipinski definition) is 1.